The minimum atomic E-state index is -1.10. The molecule has 0 aromatic carbocycles. The van der Waals surface area contributed by atoms with E-state index in [4.69, 9.17) is 5.11 Å². The number of allylic oxidation sites excluding steroid dienone is 2. The Kier molecular flexibility index (Phi) is 3.83. The zero-order valence-electron chi connectivity index (χ0n) is 11.4. The highest BCUT2D eigenvalue weighted by molar-refractivity contribution is 5.89. The van der Waals surface area contributed by atoms with Gasteiger partial charge in [-0.2, -0.15) is 0 Å². The number of carboxylic acids is 2. The van der Waals surface area contributed by atoms with Crippen LogP contribution < -0.4 is 5.32 Å². The lowest BCUT2D eigenvalue weighted by molar-refractivity contribution is -0.149. The van der Waals surface area contributed by atoms with Crippen LogP contribution in [-0.4, -0.2) is 34.1 Å². The van der Waals surface area contributed by atoms with E-state index < -0.39 is 35.7 Å². The van der Waals surface area contributed by atoms with E-state index in [9.17, 15) is 19.5 Å². The van der Waals surface area contributed by atoms with Gasteiger partial charge in [0, 0.05) is 0 Å². The average Bonchev–Trinajstić information content (AvgIpc) is 2.94. The predicted molar refractivity (Wildman–Crippen MR) is 69.8 cm³/mol. The minimum absolute atomic E-state index is 0.0947. The number of hydrogen-bond donors (Lipinski definition) is 3. The van der Waals surface area contributed by atoms with E-state index in [-0.39, 0.29) is 17.8 Å². The molecule has 0 aliphatic heterocycles. The van der Waals surface area contributed by atoms with Gasteiger partial charge in [0.05, 0.1) is 11.8 Å². The molecule has 0 aromatic heterocycles. The topological polar surface area (TPSA) is 104 Å². The van der Waals surface area contributed by atoms with Crippen molar-refractivity contribution in [3.63, 3.8) is 0 Å². The lowest BCUT2D eigenvalue weighted by Crippen LogP contribution is -2.49. The highest BCUT2D eigenvalue weighted by atomic mass is 16.4. The second-order valence-electron chi connectivity index (χ2n) is 5.91. The van der Waals surface area contributed by atoms with Crippen molar-refractivity contribution < 1.29 is 24.6 Å². The van der Waals surface area contributed by atoms with Crippen LogP contribution in [0, 0.1) is 29.6 Å². The molecule has 0 heterocycles. The summed E-state index contributed by atoms with van der Waals surface area (Å²) in [5, 5.41) is 20.9. The van der Waals surface area contributed by atoms with Gasteiger partial charge in [0.1, 0.15) is 6.04 Å². The van der Waals surface area contributed by atoms with Gasteiger partial charge in [0.2, 0.25) is 5.91 Å². The first-order valence-corrected chi connectivity index (χ1v) is 6.77. The minimum Gasteiger partial charge on any atom is -0.481 e. The lowest BCUT2D eigenvalue weighted by atomic mass is 9.82. The van der Waals surface area contributed by atoms with Crippen LogP contribution in [0.3, 0.4) is 0 Å². The Morgan fingerprint density at radius 2 is 1.65 bits per heavy atom. The smallest absolute Gasteiger partial charge is 0.326 e. The van der Waals surface area contributed by atoms with E-state index in [1.165, 1.54) is 0 Å². The third-order valence-electron chi connectivity index (χ3n) is 4.28. The lowest BCUT2D eigenvalue weighted by Gasteiger charge is -2.26. The fraction of sp³-hybridized carbons (Fsp3) is 0.643. The molecule has 5 unspecified atom stereocenters. The summed E-state index contributed by atoms with van der Waals surface area (Å²) in [5.74, 6) is -4.42. The summed E-state index contributed by atoms with van der Waals surface area (Å²) in [6.45, 7) is 3.41. The van der Waals surface area contributed by atoms with Gasteiger partial charge in [-0.1, -0.05) is 26.0 Å². The maximum Gasteiger partial charge on any atom is 0.326 e. The summed E-state index contributed by atoms with van der Waals surface area (Å²) >= 11 is 0. The van der Waals surface area contributed by atoms with Gasteiger partial charge in [0.25, 0.3) is 0 Å². The first kappa shape index (κ1) is 14.6. The number of amides is 1. The van der Waals surface area contributed by atoms with Crippen LogP contribution in [0.1, 0.15) is 20.3 Å². The number of hydrogen-bond acceptors (Lipinski definition) is 3. The summed E-state index contributed by atoms with van der Waals surface area (Å²) in [6.07, 6.45) is 4.39. The molecule has 3 N–H and O–H groups in total. The molecule has 110 valence electrons. The first-order chi connectivity index (χ1) is 9.32. The van der Waals surface area contributed by atoms with Crippen LogP contribution in [0.5, 0.6) is 0 Å². The predicted octanol–water partition coefficient (Wildman–Crippen LogP) is 0.735. The molecule has 1 saturated carbocycles. The van der Waals surface area contributed by atoms with E-state index in [1.54, 1.807) is 13.8 Å². The molecule has 20 heavy (non-hydrogen) atoms. The van der Waals surface area contributed by atoms with Crippen molar-refractivity contribution in [1.29, 1.82) is 0 Å². The molecular weight excluding hydrogens is 262 g/mol. The van der Waals surface area contributed by atoms with Crippen molar-refractivity contribution >= 4 is 17.8 Å². The van der Waals surface area contributed by atoms with Crippen LogP contribution >= 0.6 is 0 Å². The van der Waals surface area contributed by atoms with Crippen LogP contribution in [-0.2, 0) is 14.4 Å². The number of carbonyl (C=O) groups is 3. The van der Waals surface area contributed by atoms with Crippen LogP contribution in [0.15, 0.2) is 12.2 Å². The summed E-state index contributed by atoms with van der Waals surface area (Å²) in [5.41, 5.74) is 0. The molecule has 2 aliphatic carbocycles. The number of rotatable bonds is 5. The van der Waals surface area contributed by atoms with E-state index in [2.05, 4.69) is 5.32 Å². The Labute approximate surface area is 116 Å². The second kappa shape index (κ2) is 5.26. The van der Waals surface area contributed by atoms with Gasteiger partial charge in [-0.3, -0.25) is 9.59 Å². The monoisotopic (exact) mass is 281 g/mol. The summed E-state index contributed by atoms with van der Waals surface area (Å²) in [4.78, 5) is 34.7. The molecule has 2 rings (SSSR count). The quantitative estimate of drug-likeness (QED) is 0.645. The molecule has 0 spiro atoms. The molecule has 0 radical (unpaired) electrons. The summed E-state index contributed by atoms with van der Waals surface area (Å²) in [6, 6.07) is -0.986. The first-order valence-electron chi connectivity index (χ1n) is 6.77. The Morgan fingerprint density at radius 1 is 1.10 bits per heavy atom. The van der Waals surface area contributed by atoms with Crippen LogP contribution in [0.4, 0.5) is 0 Å². The van der Waals surface area contributed by atoms with Gasteiger partial charge in [0.15, 0.2) is 0 Å². The number of nitrogens with one attached hydrogen (secondary N) is 1. The molecule has 2 bridgehead atoms. The second-order valence-corrected chi connectivity index (χ2v) is 5.91. The Balaban J connectivity index is 2.14. The van der Waals surface area contributed by atoms with Gasteiger partial charge in [-0.25, -0.2) is 4.79 Å². The Hall–Kier alpha value is -1.85. The van der Waals surface area contributed by atoms with Crippen molar-refractivity contribution in [3.05, 3.63) is 12.2 Å². The van der Waals surface area contributed by atoms with Crippen molar-refractivity contribution in [3.8, 4) is 0 Å². The largest absolute Gasteiger partial charge is 0.481 e. The highest BCUT2D eigenvalue weighted by Gasteiger charge is 2.52. The van der Waals surface area contributed by atoms with Crippen LogP contribution in [0.25, 0.3) is 0 Å². The number of carbonyl (C=O) groups excluding carboxylic acids is 1. The standard InChI is InChI=1S/C14H19NO5/c1-6(2)11(14(19)20)15-12(16)9-7-3-4-8(5-7)10(9)13(17)18/h3-4,6-11H,5H2,1-2H3,(H,15,16)(H,17,18)(H,19,20). The number of aliphatic carboxylic acids is 2. The van der Waals surface area contributed by atoms with Crippen molar-refractivity contribution in [2.45, 2.75) is 26.3 Å². The molecular formula is C14H19NO5. The molecule has 6 heteroatoms. The summed E-state index contributed by atoms with van der Waals surface area (Å²) < 4.78 is 0. The molecule has 2 aliphatic rings. The fourth-order valence-corrected chi connectivity index (χ4v) is 3.28. The molecule has 1 amide bonds. The zero-order chi connectivity index (χ0) is 15.0. The van der Waals surface area contributed by atoms with E-state index >= 15 is 0 Å². The third kappa shape index (κ3) is 2.42. The zero-order valence-corrected chi connectivity index (χ0v) is 11.4. The Morgan fingerprint density at radius 3 is 2.10 bits per heavy atom. The van der Waals surface area contributed by atoms with E-state index in [1.807, 2.05) is 12.2 Å². The maximum absolute atomic E-state index is 12.3. The maximum atomic E-state index is 12.3. The van der Waals surface area contributed by atoms with Gasteiger partial charge in [-0.05, 0) is 24.2 Å². The van der Waals surface area contributed by atoms with Crippen LogP contribution in [0.2, 0.25) is 0 Å². The molecule has 0 saturated heterocycles. The number of carboxylic acid groups (broad SMARTS) is 2. The fourth-order valence-electron chi connectivity index (χ4n) is 3.28. The molecule has 6 nitrogen and oxygen atoms in total. The van der Waals surface area contributed by atoms with Gasteiger partial charge in [-0.15, -0.1) is 0 Å². The molecule has 1 fully saturated rings. The van der Waals surface area contributed by atoms with Gasteiger partial charge >= 0.3 is 11.9 Å². The summed E-state index contributed by atoms with van der Waals surface area (Å²) in [7, 11) is 0. The average molecular weight is 281 g/mol. The van der Waals surface area contributed by atoms with Crippen molar-refractivity contribution in [2.24, 2.45) is 29.6 Å². The van der Waals surface area contributed by atoms with Gasteiger partial charge < -0.3 is 15.5 Å². The highest BCUT2D eigenvalue weighted by Crippen LogP contribution is 2.48. The van der Waals surface area contributed by atoms with E-state index in [0.29, 0.717) is 6.42 Å². The molecule has 0 aromatic rings. The van der Waals surface area contributed by atoms with Crippen molar-refractivity contribution in [2.75, 3.05) is 0 Å². The SMILES string of the molecule is CC(C)C(NC(=O)C1C2C=CC(C2)C1C(=O)O)C(=O)O. The van der Waals surface area contributed by atoms with E-state index in [0.717, 1.165) is 0 Å². The normalized spacial score (nSPS) is 32.4. The number of fused-ring (bicyclic) bond motifs is 2. The third-order valence-corrected chi connectivity index (χ3v) is 4.28. The van der Waals surface area contributed by atoms with Crippen molar-refractivity contribution in [1.82, 2.24) is 5.32 Å². The molecule has 5 atom stereocenters. The Bertz CT molecular complexity index is 470.